The Bertz CT molecular complexity index is 2720. The highest BCUT2D eigenvalue weighted by Gasteiger charge is 2.41. The molecule has 0 aliphatic carbocycles. The summed E-state index contributed by atoms with van der Waals surface area (Å²) in [5, 5.41) is 20.6. The quantitative estimate of drug-likeness (QED) is 0.0295. The van der Waals surface area contributed by atoms with Crippen LogP contribution in [0, 0.1) is 17.0 Å². The zero-order valence-electron chi connectivity index (χ0n) is 52.5. The topological polar surface area (TPSA) is 285 Å². The van der Waals surface area contributed by atoms with Gasteiger partial charge < -0.3 is 64.3 Å². The van der Waals surface area contributed by atoms with Gasteiger partial charge in [0.2, 0.25) is 29.5 Å². The van der Waals surface area contributed by atoms with E-state index in [1.807, 2.05) is 51.1 Å². The molecule has 3 aromatic rings. The molecule has 88 heavy (non-hydrogen) atoms. The van der Waals surface area contributed by atoms with Gasteiger partial charge in [0.25, 0.3) is 0 Å². The number of imide groups is 1. The lowest BCUT2D eigenvalue weighted by Gasteiger charge is -2.40. The number of aromatic nitrogens is 2. The third-order valence-corrected chi connectivity index (χ3v) is 14.3. The number of carbonyl (C=O) groups excluding carboxylic acids is 8. The van der Waals surface area contributed by atoms with Gasteiger partial charge in [-0.15, -0.1) is 11.8 Å². The molecule has 0 radical (unpaired) electrons. The van der Waals surface area contributed by atoms with Crippen molar-refractivity contribution in [2.75, 3.05) is 97.9 Å². The third-order valence-electron chi connectivity index (χ3n) is 13.2. The number of benzene rings is 2. The number of nitrogens with one attached hydrogen (secondary N) is 4. The van der Waals surface area contributed by atoms with Crippen LogP contribution in [0.2, 0.25) is 0 Å². The molecule has 490 valence electrons. The molecule has 2 heterocycles. The molecule has 1 aromatic heterocycles. The molecular weight excluding hydrogens is 1170 g/mol. The summed E-state index contributed by atoms with van der Waals surface area (Å²) in [5.41, 5.74) is -1.49. The van der Waals surface area contributed by atoms with Crippen LogP contribution in [0.4, 0.5) is 18.4 Å². The maximum absolute atomic E-state index is 15.3. The van der Waals surface area contributed by atoms with Crippen LogP contribution in [0.3, 0.4) is 0 Å². The summed E-state index contributed by atoms with van der Waals surface area (Å²) >= 11 is 1.26. The lowest BCUT2D eigenvalue weighted by molar-refractivity contribution is -0.142. The lowest BCUT2D eigenvalue weighted by atomic mass is 9.84. The number of hydrogen-bond donors (Lipinski definition) is 5. The number of aliphatic hydroxyl groups excluding tert-OH is 1. The van der Waals surface area contributed by atoms with Crippen molar-refractivity contribution in [3.05, 3.63) is 77.8 Å². The molecule has 1 aliphatic heterocycles. The lowest BCUT2D eigenvalue weighted by Crippen LogP contribution is -2.51. The summed E-state index contributed by atoms with van der Waals surface area (Å²) in [6.07, 6.45) is 2.64. The Morgan fingerprint density at radius 3 is 1.97 bits per heavy atom. The van der Waals surface area contributed by atoms with Gasteiger partial charge in [0, 0.05) is 69.5 Å². The summed E-state index contributed by atoms with van der Waals surface area (Å²) in [5.74, 6) is -3.55. The van der Waals surface area contributed by atoms with Crippen LogP contribution in [0.15, 0.2) is 54.7 Å². The summed E-state index contributed by atoms with van der Waals surface area (Å²) in [7, 11) is 0. The molecule has 1 fully saturated rings. The molecule has 5 N–H and O–H groups in total. The largest absolute Gasteiger partial charge is 0.444 e. The van der Waals surface area contributed by atoms with Gasteiger partial charge in [0.1, 0.15) is 41.3 Å². The van der Waals surface area contributed by atoms with E-state index < -0.39 is 100 Å². The van der Waals surface area contributed by atoms with E-state index in [4.69, 9.17) is 33.4 Å². The second kappa shape index (κ2) is 37.4. The number of likely N-dealkylation sites (tertiary alicyclic amines) is 1. The first kappa shape index (κ1) is 73.9. The number of Topliss-reactive ketones (excluding diaryl/α,β-unsaturated/α-hetero) is 1. The number of ketones is 1. The Hall–Kier alpha value is -6.58. The van der Waals surface area contributed by atoms with Crippen LogP contribution in [0.1, 0.15) is 131 Å². The fourth-order valence-corrected chi connectivity index (χ4v) is 10.1. The second-order valence-corrected chi connectivity index (χ2v) is 25.4. The zero-order chi connectivity index (χ0) is 64.9. The van der Waals surface area contributed by atoms with Crippen molar-refractivity contribution in [3.63, 3.8) is 0 Å². The summed E-state index contributed by atoms with van der Waals surface area (Å²) in [6.45, 7) is 18.1. The van der Waals surface area contributed by atoms with E-state index in [0.29, 0.717) is 65.1 Å². The van der Waals surface area contributed by atoms with E-state index in [-0.39, 0.29) is 81.3 Å². The fourth-order valence-electron chi connectivity index (χ4n) is 9.10. The fraction of sp³-hybridized carbons (Fsp3) is 0.629. The minimum Gasteiger partial charge on any atom is -0.444 e. The van der Waals surface area contributed by atoms with Crippen LogP contribution in [-0.2, 0) is 63.7 Å². The van der Waals surface area contributed by atoms with E-state index >= 15 is 4.39 Å². The maximum Gasteiger partial charge on any atom is 0.408 e. The molecule has 1 saturated heterocycles. The van der Waals surface area contributed by atoms with E-state index in [0.717, 1.165) is 47.9 Å². The van der Waals surface area contributed by atoms with E-state index in [1.165, 1.54) is 16.7 Å². The number of aliphatic hydroxyl groups is 1. The highest BCUT2D eigenvalue weighted by Crippen LogP contribution is 2.40. The molecule has 1 unspecified atom stereocenters. The van der Waals surface area contributed by atoms with Gasteiger partial charge in [-0.25, -0.2) is 23.4 Å². The Kier molecular flexibility index (Phi) is 31.4. The number of rotatable bonds is 39. The van der Waals surface area contributed by atoms with E-state index in [1.54, 1.807) is 52.3 Å². The molecule has 4 rings (SSSR count). The third kappa shape index (κ3) is 27.9. The Balaban J connectivity index is 1.16. The first-order valence-electron chi connectivity index (χ1n) is 29.9. The van der Waals surface area contributed by atoms with E-state index in [9.17, 15) is 47.9 Å². The number of hydrogen-bond acceptors (Lipinski definition) is 17. The van der Waals surface area contributed by atoms with Crippen LogP contribution < -0.4 is 21.3 Å². The number of imidazole rings is 1. The number of thioether (sulfide) groups is 1. The molecule has 0 saturated carbocycles. The highest BCUT2D eigenvalue weighted by molar-refractivity contribution is 8.00. The average Bonchev–Trinajstić information content (AvgIpc) is 1.63. The molecule has 0 spiro atoms. The smallest absolute Gasteiger partial charge is 0.408 e. The van der Waals surface area contributed by atoms with Gasteiger partial charge in [0.05, 0.1) is 76.4 Å². The summed E-state index contributed by atoms with van der Waals surface area (Å²) < 4.78 is 64.3. The van der Waals surface area contributed by atoms with Crippen molar-refractivity contribution in [2.45, 2.75) is 149 Å². The predicted octanol–water partition coefficient (Wildman–Crippen LogP) is 6.66. The van der Waals surface area contributed by atoms with Gasteiger partial charge in [-0.1, -0.05) is 51.1 Å². The van der Waals surface area contributed by atoms with Gasteiger partial charge in [-0.3, -0.25) is 33.7 Å². The van der Waals surface area contributed by atoms with E-state index in [2.05, 4.69) is 21.3 Å². The van der Waals surface area contributed by atoms with Crippen LogP contribution in [-0.4, -0.2) is 192 Å². The SMILES string of the molecule is CC(C)(C)OC(=O)NCCCCCNC(=O)CCOCCOCCOCCOCCSC1CC(=O)N(CC(=O)CCCNC(=O)[C@H](CCN(C(=O)CO)[C@@H](c2nc(-c3cc(F)ccc3F)cn2Cc2ccccc2)C(C)(C)C)NC(=O)OC(C)(C)C)C1=O. The average molecular weight is 1260 g/mol. The first-order chi connectivity index (χ1) is 41.6. The van der Waals surface area contributed by atoms with Crippen LogP contribution >= 0.6 is 11.8 Å². The molecule has 3 atom stereocenters. The Morgan fingerprint density at radius 2 is 1.34 bits per heavy atom. The van der Waals surface area contributed by atoms with Crippen LogP contribution in [0.25, 0.3) is 11.3 Å². The number of unbranched alkanes of at least 4 members (excludes halogenated alkanes) is 2. The van der Waals surface area contributed by atoms with Crippen molar-refractivity contribution < 1.29 is 80.7 Å². The number of nitrogens with zero attached hydrogens (tertiary/aromatic N) is 4. The molecule has 2 aromatic carbocycles. The summed E-state index contributed by atoms with van der Waals surface area (Å²) in [6, 6.07) is 10.1. The number of amides is 7. The first-order valence-corrected chi connectivity index (χ1v) is 31.0. The molecular formula is C62H92F2N8O15S. The maximum atomic E-state index is 15.3. The minimum absolute atomic E-state index is 0.0417. The number of carbonyl (C=O) groups is 8. The predicted molar refractivity (Wildman–Crippen MR) is 326 cm³/mol. The van der Waals surface area contributed by atoms with Crippen LogP contribution in [0.5, 0.6) is 0 Å². The van der Waals surface area contributed by atoms with Gasteiger partial charge in [-0.2, -0.15) is 0 Å². The zero-order valence-corrected chi connectivity index (χ0v) is 53.3. The standard InChI is InChI=1S/C62H92F2N8O15S/c1-60(2,3)54(55-68-49(46-37-44(63)20-21-47(46)64)41-70(55)39-43-17-12-10-13-18-43)71(53(77)42-73)27-22-48(69-59(81)87-62(7,8)9)56(78)66-26-16-19-45(74)40-72-52(76)38-50(57(72)79)88-36-35-85-34-33-84-32-31-83-30-29-82-28-23-51(75)65-24-14-11-15-25-67-58(80)86-61(4,5)6/h10,12-13,17-18,20-21,37,41,48,50,54,73H,11,14-16,19,22-36,38-40,42H2,1-9H3,(H,65,75)(H,66,78)(H,67,80)(H,69,81)/t48-,50?,54-/m0/s1. The minimum atomic E-state index is -1.31. The van der Waals surface area contributed by atoms with Crippen molar-refractivity contribution in [1.82, 2.24) is 40.6 Å². The molecule has 1 aliphatic rings. The molecule has 7 amide bonds. The molecule has 23 nitrogen and oxygen atoms in total. The van der Waals surface area contributed by atoms with Gasteiger partial charge in [-0.05, 0) is 103 Å². The normalized spacial score (nSPS) is 14.3. The number of ether oxygens (including phenoxy) is 6. The van der Waals surface area contributed by atoms with Crippen molar-refractivity contribution in [2.24, 2.45) is 5.41 Å². The van der Waals surface area contributed by atoms with Crippen molar-refractivity contribution in [3.8, 4) is 11.3 Å². The highest BCUT2D eigenvalue weighted by atomic mass is 32.2. The molecule has 26 heteroatoms. The van der Waals surface area contributed by atoms with Gasteiger partial charge in [0.15, 0.2) is 5.78 Å². The second-order valence-electron chi connectivity index (χ2n) is 24.1. The Morgan fingerprint density at radius 1 is 0.739 bits per heavy atom. The number of halogens is 2. The monoisotopic (exact) mass is 1260 g/mol. The van der Waals surface area contributed by atoms with Crippen molar-refractivity contribution >= 4 is 59.3 Å². The number of alkyl carbamates (subject to hydrolysis) is 2. The van der Waals surface area contributed by atoms with Gasteiger partial charge >= 0.3 is 12.2 Å². The molecule has 0 bridgehead atoms. The Labute approximate surface area is 519 Å². The summed E-state index contributed by atoms with van der Waals surface area (Å²) in [4.78, 5) is 111. The van der Waals surface area contributed by atoms with Crippen molar-refractivity contribution in [1.29, 1.82) is 0 Å².